The van der Waals surface area contributed by atoms with Crippen molar-refractivity contribution in [1.29, 1.82) is 0 Å². The lowest BCUT2D eigenvalue weighted by atomic mass is 10.2. The maximum Gasteiger partial charge on any atom is 0.262 e. The number of nitrogens with one attached hydrogen (secondary N) is 2. The third-order valence-corrected chi connectivity index (χ3v) is 7.45. The van der Waals surface area contributed by atoms with Gasteiger partial charge in [0, 0.05) is 24.7 Å². The fraction of sp³-hybridized carbons (Fsp3) is 0.222. The zero-order chi connectivity index (χ0) is 21.4. The Bertz CT molecular complexity index is 1190. The van der Waals surface area contributed by atoms with E-state index in [2.05, 4.69) is 10.0 Å². The van der Waals surface area contributed by atoms with E-state index in [0.717, 1.165) is 0 Å². The standard InChI is InChI=1S/C18H19N3O6S2/c1-12-11-16(21-18(23)9-10-28(21,24)25)7-8-17(12)29(26,27)20-15-5-3-14(4-6-15)19-13(2)22/h3-8,11,20H,9-10H2,1-2H3,(H,19,22). The first-order chi connectivity index (χ1) is 13.5. The number of aryl methyl sites for hydroxylation is 1. The molecule has 0 aromatic heterocycles. The van der Waals surface area contributed by atoms with E-state index in [1.165, 1.54) is 44.2 Å². The summed E-state index contributed by atoms with van der Waals surface area (Å²) in [6, 6.07) is 10.0. The van der Waals surface area contributed by atoms with Crippen LogP contribution >= 0.6 is 0 Å². The number of sulfonamides is 2. The Hall–Kier alpha value is -2.92. The van der Waals surface area contributed by atoms with E-state index in [1.54, 1.807) is 12.1 Å². The molecule has 1 aliphatic heterocycles. The zero-order valence-electron chi connectivity index (χ0n) is 15.7. The Kier molecular flexibility index (Phi) is 5.37. The molecule has 0 radical (unpaired) electrons. The minimum Gasteiger partial charge on any atom is -0.326 e. The molecular weight excluding hydrogens is 418 g/mol. The highest BCUT2D eigenvalue weighted by molar-refractivity contribution is 7.94. The van der Waals surface area contributed by atoms with Crippen LogP contribution in [0.15, 0.2) is 47.4 Å². The van der Waals surface area contributed by atoms with Crippen LogP contribution in [0, 0.1) is 6.92 Å². The number of anilines is 3. The van der Waals surface area contributed by atoms with Gasteiger partial charge in [0.2, 0.25) is 21.8 Å². The minimum atomic E-state index is -3.95. The van der Waals surface area contributed by atoms with Gasteiger partial charge in [0.25, 0.3) is 10.0 Å². The van der Waals surface area contributed by atoms with Crippen molar-refractivity contribution in [3.05, 3.63) is 48.0 Å². The quantitative estimate of drug-likeness (QED) is 0.734. The maximum atomic E-state index is 12.7. The van der Waals surface area contributed by atoms with Gasteiger partial charge in [-0.2, -0.15) is 0 Å². The second kappa shape index (κ2) is 7.48. The average Bonchev–Trinajstić information content (AvgIpc) is 2.88. The van der Waals surface area contributed by atoms with Crippen LogP contribution in [0.2, 0.25) is 0 Å². The molecule has 0 saturated carbocycles. The fourth-order valence-electron chi connectivity index (χ4n) is 2.97. The van der Waals surface area contributed by atoms with Crippen molar-refractivity contribution in [2.45, 2.75) is 25.2 Å². The molecule has 0 aliphatic carbocycles. The number of nitrogens with zero attached hydrogens (tertiary/aromatic N) is 1. The van der Waals surface area contributed by atoms with Gasteiger partial charge in [-0.25, -0.2) is 21.1 Å². The molecule has 11 heteroatoms. The second-order valence-electron chi connectivity index (χ2n) is 6.54. The molecule has 0 spiro atoms. The van der Waals surface area contributed by atoms with Gasteiger partial charge in [0.15, 0.2) is 0 Å². The van der Waals surface area contributed by atoms with Crippen molar-refractivity contribution in [3.63, 3.8) is 0 Å². The van der Waals surface area contributed by atoms with Crippen LogP contribution in [0.3, 0.4) is 0 Å². The average molecular weight is 437 g/mol. The van der Waals surface area contributed by atoms with Crippen LogP contribution in [0.25, 0.3) is 0 Å². The summed E-state index contributed by atoms with van der Waals surface area (Å²) in [6.07, 6.45) is -0.0997. The van der Waals surface area contributed by atoms with Gasteiger partial charge < -0.3 is 5.32 Å². The largest absolute Gasteiger partial charge is 0.326 e. The maximum absolute atomic E-state index is 12.7. The van der Waals surface area contributed by atoms with Gasteiger partial charge in [0.1, 0.15) is 0 Å². The van der Waals surface area contributed by atoms with Crippen LogP contribution in [-0.4, -0.2) is 34.4 Å². The smallest absolute Gasteiger partial charge is 0.262 e. The molecule has 9 nitrogen and oxygen atoms in total. The Morgan fingerprint density at radius 1 is 1.07 bits per heavy atom. The van der Waals surface area contributed by atoms with E-state index in [0.29, 0.717) is 21.2 Å². The summed E-state index contributed by atoms with van der Waals surface area (Å²) in [5.41, 5.74) is 1.22. The highest BCUT2D eigenvalue weighted by Gasteiger charge is 2.36. The monoisotopic (exact) mass is 437 g/mol. The highest BCUT2D eigenvalue weighted by Crippen LogP contribution is 2.29. The summed E-state index contributed by atoms with van der Waals surface area (Å²) < 4.78 is 52.7. The lowest BCUT2D eigenvalue weighted by Gasteiger charge is -2.17. The fourth-order valence-corrected chi connectivity index (χ4v) is 5.70. The molecule has 2 aromatic rings. The van der Waals surface area contributed by atoms with Crippen LogP contribution in [0.4, 0.5) is 17.1 Å². The van der Waals surface area contributed by atoms with Crippen molar-refractivity contribution in [3.8, 4) is 0 Å². The molecule has 0 atom stereocenters. The van der Waals surface area contributed by atoms with Crippen molar-refractivity contribution in [1.82, 2.24) is 0 Å². The summed E-state index contributed by atoms with van der Waals surface area (Å²) >= 11 is 0. The Morgan fingerprint density at radius 2 is 1.69 bits per heavy atom. The SMILES string of the molecule is CC(=O)Nc1ccc(NS(=O)(=O)c2ccc(N3C(=O)CCS3(=O)=O)cc2C)cc1. The molecule has 2 aromatic carbocycles. The Morgan fingerprint density at radius 3 is 2.21 bits per heavy atom. The number of carbonyl (C=O) groups is 2. The summed E-state index contributed by atoms with van der Waals surface area (Å²) in [7, 11) is -7.68. The van der Waals surface area contributed by atoms with E-state index in [4.69, 9.17) is 0 Å². The van der Waals surface area contributed by atoms with E-state index in [9.17, 15) is 26.4 Å². The molecule has 1 aliphatic rings. The summed E-state index contributed by atoms with van der Waals surface area (Å²) in [5, 5.41) is 2.58. The predicted octanol–water partition coefficient (Wildman–Crippen LogP) is 1.82. The van der Waals surface area contributed by atoms with Gasteiger partial charge in [0.05, 0.1) is 16.3 Å². The van der Waals surface area contributed by atoms with Crippen LogP contribution in [-0.2, 0) is 29.6 Å². The van der Waals surface area contributed by atoms with Gasteiger partial charge >= 0.3 is 0 Å². The van der Waals surface area contributed by atoms with E-state index >= 15 is 0 Å². The number of hydrogen-bond donors (Lipinski definition) is 2. The number of hydrogen-bond acceptors (Lipinski definition) is 6. The molecule has 0 bridgehead atoms. The molecule has 1 saturated heterocycles. The van der Waals surface area contributed by atoms with Crippen LogP contribution in [0.5, 0.6) is 0 Å². The van der Waals surface area contributed by atoms with Crippen molar-refractivity contribution in [2.24, 2.45) is 0 Å². The minimum absolute atomic E-state index is 0.0452. The summed E-state index contributed by atoms with van der Waals surface area (Å²) in [6.45, 7) is 2.88. The second-order valence-corrected chi connectivity index (χ2v) is 10.1. The molecule has 154 valence electrons. The van der Waals surface area contributed by atoms with Gasteiger partial charge in [-0.15, -0.1) is 0 Å². The van der Waals surface area contributed by atoms with Crippen LogP contribution < -0.4 is 14.3 Å². The van der Waals surface area contributed by atoms with Gasteiger partial charge in [-0.05, 0) is 55.0 Å². The molecule has 2 N–H and O–H groups in total. The van der Waals surface area contributed by atoms with E-state index < -0.39 is 26.0 Å². The molecule has 3 rings (SSSR count). The first-order valence-electron chi connectivity index (χ1n) is 8.56. The molecule has 29 heavy (non-hydrogen) atoms. The number of benzene rings is 2. The molecule has 1 fully saturated rings. The first kappa shape index (κ1) is 20.8. The van der Waals surface area contributed by atoms with Crippen molar-refractivity contribution in [2.75, 3.05) is 20.1 Å². The first-order valence-corrected chi connectivity index (χ1v) is 11.7. The molecular formula is C18H19N3O6S2. The highest BCUT2D eigenvalue weighted by atomic mass is 32.2. The predicted molar refractivity (Wildman–Crippen MR) is 109 cm³/mol. The number of amides is 2. The lowest BCUT2D eigenvalue weighted by molar-refractivity contribution is -0.116. The third-order valence-electron chi connectivity index (χ3n) is 4.22. The van der Waals surface area contributed by atoms with Gasteiger partial charge in [-0.3, -0.25) is 14.3 Å². The Labute approximate surface area is 168 Å². The van der Waals surface area contributed by atoms with Crippen molar-refractivity contribution < 1.29 is 26.4 Å². The topological polar surface area (TPSA) is 130 Å². The Balaban J connectivity index is 1.86. The molecule has 0 unspecified atom stereocenters. The molecule has 2 amide bonds. The molecule has 1 heterocycles. The summed E-state index contributed by atoms with van der Waals surface area (Å²) in [5.74, 6) is -1.05. The van der Waals surface area contributed by atoms with E-state index in [-0.39, 0.29) is 28.7 Å². The number of carbonyl (C=O) groups excluding carboxylic acids is 2. The van der Waals surface area contributed by atoms with Gasteiger partial charge in [-0.1, -0.05) is 0 Å². The normalized spacial score (nSPS) is 15.9. The zero-order valence-corrected chi connectivity index (χ0v) is 17.3. The third kappa shape index (κ3) is 4.40. The summed E-state index contributed by atoms with van der Waals surface area (Å²) in [4.78, 5) is 22.9. The van der Waals surface area contributed by atoms with E-state index in [1.807, 2.05) is 0 Å². The van der Waals surface area contributed by atoms with Crippen LogP contribution in [0.1, 0.15) is 18.9 Å². The van der Waals surface area contributed by atoms with Crippen molar-refractivity contribution >= 4 is 48.9 Å². The lowest BCUT2D eigenvalue weighted by Crippen LogP contribution is -2.29. The number of rotatable bonds is 5.